The van der Waals surface area contributed by atoms with Gasteiger partial charge in [-0.1, -0.05) is 31.2 Å². The van der Waals surface area contributed by atoms with Crippen LogP contribution in [-0.4, -0.2) is 18.6 Å². The highest BCUT2D eigenvalue weighted by Crippen LogP contribution is 2.06. The van der Waals surface area contributed by atoms with Crippen LogP contribution in [0.4, 0.5) is 0 Å². The van der Waals surface area contributed by atoms with Gasteiger partial charge in [-0.05, 0) is 44.4 Å². The Bertz CT molecular complexity index is 301. The Morgan fingerprint density at radius 2 is 1.69 bits per heavy atom. The lowest BCUT2D eigenvalue weighted by Gasteiger charge is -2.24. The molecule has 0 heterocycles. The molecule has 0 bridgehead atoms. The number of hydrogen-bond donors (Lipinski definition) is 2. The van der Waals surface area contributed by atoms with Crippen LogP contribution in [0.25, 0.3) is 0 Å². The van der Waals surface area contributed by atoms with Crippen molar-refractivity contribution in [2.75, 3.05) is 13.1 Å². The minimum absolute atomic E-state index is 0.0450. The molecule has 0 aromatic heterocycles. The molecule has 1 rings (SSSR count). The van der Waals surface area contributed by atoms with Gasteiger partial charge in [0.1, 0.15) is 0 Å². The lowest BCUT2D eigenvalue weighted by Crippen LogP contribution is -2.46. The van der Waals surface area contributed by atoms with E-state index in [-0.39, 0.29) is 5.54 Å². The van der Waals surface area contributed by atoms with E-state index in [1.165, 1.54) is 11.1 Å². The van der Waals surface area contributed by atoms with Gasteiger partial charge in [0.05, 0.1) is 0 Å². The van der Waals surface area contributed by atoms with Crippen molar-refractivity contribution in [3.63, 3.8) is 0 Å². The molecule has 0 saturated carbocycles. The van der Waals surface area contributed by atoms with E-state index in [0.717, 1.165) is 19.4 Å². The van der Waals surface area contributed by atoms with E-state index in [1.54, 1.807) is 0 Å². The van der Waals surface area contributed by atoms with Gasteiger partial charge in [0.15, 0.2) is 0 Å². The molecule has 1 aromatic carbocycles. The molecule has 0 fully saturated rings. The molecule has 2 nitrogen and oxygen atoms in total. The number of rotatable bonds is 6. The van der Waals surface area contributed by atoms with Crippen molar-refractivity contribution in [1.82, 2.24) is 5.32 Å². The molecule has 90 valence electrons. The SMILES string of the molecule is CCc1ccc(CCNC(C)(C)CN)cc1. The molecule has 0 atom stereocenters. The number of aryl methyl sites for hydroxylation is 1. The van der Waals surface area contributed by atoms with E-state index < -0.39 is 0 Å². The van der Waals surface area contributed by atoms with Crippen LogP contribution < -0.4 is 11.1 Å². The Morgan fingerprint density at radius 1 is 1.12 bits per heavy atom. The second-order valence-electron chi connectivity index (χ2n) is 4.93. The molecule has 0 spiro atoms. The highest BCUT2D eigenvalue weighted by Gasteiger charge is 2.12. The summed E-state index contributed by atoms with van der Waals surface area (Å²) in [5, 5.41) is 3.46. The first kappa shape index (κ1) is 13.2. The van der Waals surface area contributed by atoms with Crippen LogP contribution in [0.15, 0.2) is 24.3 Å². The van der Waals surface area contributed by atoms with E-state index in [9.17, 15) is 0 Å². The zero-order valence-corrected chi connectivity index (χ0v) is 10.7. The van der Waals surface area contributed by atoms with E-state index in [2.05, 4.69) is 50.4 Å². The van der Waals surface area contributed by atoms with Gasteiger partial charge in [0.25, 0.3) is 0 Å². The first-order chi connectivity index (χ1) is 7.57. The monoisotopic (exact) mass is 220 g/mol. The first-order valence-electron chi connectivity index (χ1n) is 6.10. The van der Waals surface area contributed by atoms with Gasteiger partial charge < -0.3 is 11.1 Å². The first-order valence-corrected chi connectivity index (χ1v) is 6.10. The van der Waals surface area contributed by atoms with Crippen molar-refractivity contribution in [2.24, 2.45) is 5.73 Å². The quantitative estimate of drug-likeness (QED) is 0.770. The summed E-state index contributed by atoms with van der Waals surface area (Å²) in [4.78, 5) is 0. The molecular weight excluding hydrogens is 196 g/mol. The predicted molar refractivity (Wildman–Crippen MR) is 70.7 cm³/mol. The molecule has 0 amide bonds. The number of hydrogen-bond acceptors (Lipinski definition) is 2. The molecule has 16 heavy (non-hydrogen) atoms. The van der Waals surface area contributed by atoms with Crippen molar-refractivity contribution < 1.29 is 0 Å². The largest absolute Gasteiger partial charge is 0.329 e. The fraction of sp³-hybridized carbons (Fsp3) is 0.571. The summed E-state index contributed by atoms with van der Waals surface area (Å²) in [6, 6.07) is 8.86. The number of nitrogens with two attached hydrogens (primary N) is 1. The third kappa shape index (κ3) is 4.33. The van der Waals surface area contributed by atoms with E-state index >= 15 is 0 Å². The van der Waals surface area contributed by atoms with Crippen LogP contribution in [0.1, 0.15) is 31.9 Å². The van der Waals surface area contributed by atoms with E-state index in [1.807, 2.05) is 0 Å². The fourth-order valence-corrected chi connectivity index (χ4v) is 1.56. The second kappa shape index (κ2) is 6.02. The summed E-state index contributed by atoms with van der Waals surface area (Å²) < 4.78 is 0. The molecular formula is C14H24N2. The number of nitrogens with one attached hydrogen (secondary N) is 1. The molecule has 0 saturated heterocycles. The average molecular weight is 220 g/mol. The zero-order chi connectivity index (χ0) is 12.0. The minimum Gasteiger partial charge on any atom is -0.329 e. The van der Waals surface area contributed by atoms with Crippen molar-refractivity contribution in [3.05, 3.63) is 35.4 Å². The van der Waals surface area contributed by atoms with Crippen LogP contribution in [0.5, 0.6) is 0 Å². The van der Waals surface area contributed by atoms with Gasteiger partial charge in [-0.15, -0.1) is 0 Å². The van der Waals surface area contributed by atoms with Gasteiger partial charge in [0.2, 0.25) is 0 Å². The maximum absolute atomic E-state index is 5.66. The summed E-state index contributed by atoms with van der Waals surface area (Å²) in [6.45, 7) is 8.10. The van der Waals surface area contributed by atoms with Crippen LogP contribution in [0, 0.1) is 0 Å². The molecule has 0 aliphatic heterocycles. The fourth-order valence-electron chi connectivity index (χ4n) is 1.56. The number of benzene rings is 1. The maximum Gasteiger partial charge on any atom is 0.0247 e. The van der Waals surface area contributed by atoms with Crippen LogP contribution in [0.2, 0.25) is 0 Å². The molecule has 0 aliphatic carbocycles. The smallest absolute Gasteiger partial charge is 0.0247 e. The van der Waals surface area contributed by atoms with Gasteiger partial charge in [-0.2, -0.15) is 0 Å². The summed E-state index contributed by atoms with van der Waals surface area (Å²) >= 11 is 0. The maximum atomic E-state index is 5.66. The molecule has 0 radical (unpaired) electrons. The lowest BCUT2D eigenvalue weighted by atomic mass is 10.0. The standard InChI is InChI=1S/C14H24N2/c1-4-12-5-7-13(8-6-12)9-10-16-14(2,3)11-15/h5-8,16H,4,9-11,15H2,1-3H3. The predicted octanol–water partition coefficient (Wildman–Crippen LogP) is 2.12. The van der Waals surface area contributed by atoms with Gasteiger partial charge in [0, 0.05) is 12.1 Å². The van der Waals surface area contributed by atoms with Crippen LogP contribution in [-0.2, 0) is 12.8 Å². The van der Waals surface area contributed by atoms with Gasteiger partial charge in [-0.3, -0.25) is 0 Å². The van der Waals surface area contributed by atoms with Crippen molar-refractivity contribution >= 4 is 0 Å². The van der Waals surface area contributed by atoms with Crippen molar-refractivity contribution in [1.29, 1.82) is 0 Å². The topological polar surface area (TPSA) is 38.0 Å². The minimum atomic E-state index is 0.0450. The van der Waals surface area contributed by atoms with Crippen LogP contribution in [0.3, 0.4) is 0 Å². The Kier molecular flexibility index (Phi) is 4.97. The summed E-state index contributed by atoms with van der Waals surface area (Å²) in [5.41, 5.74) is 8.49. The Hall–Kier alpha value is -0.860. The lowest BCUT2D eigenvalue weighted by molar-refractivity contribution is 0.402. The van der Waals surface area contributed by atoms with Crippen LogP contribution >= 0.6 is 0 Å². The normalized spacial score (nSPS) is 11.8. The third-order valence-corrected chi connectivity index (χ3v) is 2.96. The van der Waals surface area contributed by atoms with Crippen molar-refractivity contribution in [3.8, 4) is 0 Å². The third-order valence-electron chi connectivity index (χ3n) is 2.96. The molecule has 3 N–H and O–H groups in total. The van der Waals surface area contributed by atoms with Gasteiger partial charge in [-0.25, -0.2) is 0 Å². The Morgan fingerprint density at radius 3 is 2.19 bits per heavy atom. The summed E-state index contributed by atoms with van der Waals surface area (Å²) in [6.07, 6.45) is 2.17. The van der Waals surface area contributed by atoms with E-state index in [0.29, 0.717) is 6.54 Å². The molecule has 2 heteroatoms. The molecule has 0 aliphatic rings. The zero-order valence-electron chi connectivity index (χ0n) is 10.7. The highest BCUT2D eigenvalue weighted by atomic mass is 15.0. The van der Waals surface area contributed by atoms with Gasteiger partial charge >= 0.3 is 0 Å². The van der Waals surface area contributed by atoms with Crippen molar-refractivity contribution in [2.45, 2.75) is 39.2 Å². The highest BCUT2D eigenvalue weighted by molar-refractivity contribution is 5.22. The summed E-state index contributed by atoms with van der Waals surface area (Å²) in [5.74, 6) is 0. The Labute approximate surface area is 99.2 Å². The van der Waals surface area contributed by atoms with E-state index in [4.69, 9.17) is 5.73 Å². The second-order valence-corrected chi connectivity index (χ2v) is 4.93. The summed E-state index contributed by atoms with van der Waals surface area (Å²) in [7, 11) is 0. The molecule has 1 aromatic rings. The average Bonchev–Trinajstić information content (AvgIpc) is 2.30. The Balaban J connectivity index is 2.37. The molecule has 0 unspecified atom stereocenters.